The molecule has 0 radical (unpaired) electrons. The molecule has 0 saturated carbocycles. The van der Waals surface area contributed by atoms with Gasteiger partial charge in [-0.2, -0.15) is 0 Å². The van der Waals surface area contributed by atoms with E-state index >= 15 is 0 Å². The third kappa shape index (κ3) is 3.63. The van der Waals surface area contributed by atoms with E-state index in [4.69, 9.17) is 4.98 Å². The van der Waals surface area contributed by atoms with Crippen LogP contribution in [-0.4, -0.2) is 17.0 Å². The summed E-state index contributed by atoms with van der Waals surface area (Å²) in [7, 11) is 2.05. The number of nitrogens with zero attached hydrogens (tertiary/aromatic N) is 2. The summed E-state index contributed by atoms with van der Waals surface area (Å²) in [6.45, 7) is 6.37. The second-order valence-electron chi connectivity index (χ2n) is 7.73. The molecule has 0 aliphatic rings. The van der Waals surface area contributed by atoms with Gasteiger partial charge in [0.25, 0.3) is 0 Å². The molecule has 0 saturated heterocycles. The maximum atomic E-state index is 13.5. The number of nitrogens with one attached hydrogen (secondary N) is 1. The Hall–Kier alpha value is -3.14. The average Bonchev–Trinajstić information content (AvgIpc) is 3.02. The molecule has 0 aliphatic heterocycles. The number of rotatable bonds is 5. The van der Waals surface area contributed by atoms with E-state index in [1.807, 2.05) is 18.3 Å². The number of aromatic nitrogens is 2. The van der Waals surface area contributed by atoms with E-state index in [9.17, 15) is 4.39 Å². The molecule has 1 unspecified atom stereocenters. The molecule has 2 heterocycles. The van der Waals surface area contributed by atoms with Crippen LogP contribution in [0, 0.1) is 26.6 Å². The topological polar surface area (TPSA) is 31.9 Å². The molecular weight excluding hydrogens is 361 g/mol. The Kier molecular flexibility index (Phi) is 5.10. The van der Waals surface area contributed by atoms with Crippen molar-refractivity contribution in [1.82, 2.24) is 9.97 Å². The summed E-state index contributed by atoms with van der Waals surface area (Å²) in [5.41, 5.74) is 8.00. The largest absolute Gasteiger partial charge is 0.366 e. The number of aromatic amines is 1. The molecule has 1 atom stereocenters. The van der Waals surface area contributed by atoms with Crippen LogP contribution < -0.4 is 4.90 Å². The molecule has 2 aromatic heterocycles. The van der Waals surface area contributed by atoms with Crippen LogP contribution in [-0.2, 0) is 6.42 Å². The molecule has 3 nitrogen and oxygen atoms in total. The standard InChI is InChI=1S/C25H26FN3/c1-16-7-5-6-8-19(16)15-23(29(4)21-11-9-20(26)10-12-21)25-24-22(13-14-27-25)17(2)18(3)28-24/h5-14,23,28H,15H2,1-4H3. The Balaban J connectivity index is 1.85. The highest BCUT2D eigenvalue weighted by Crippen LogP contribution is 2.34. The normalized spacial score (nSPS) is 12.3. The molecule has 4 aromatic rings. The lowest BCUT2D eigenvalue weighted by atomic mass is 9.96. The number of anilines is 1. The molecule has 148 valence electrons. The van der Waals surface area contributed by atoms with E-state index in [0.717, 1.165) is 29.0 Å². The number of likely N-dealkylation sites (N-methyl/N-ethyl adjacent to an activating group) is 1. The molecule has 2 aromatic carbocycles. The Labute approximate surface area is 171 Å². The van der Waals surface area contributed by atoms with Crippen molar-refractivity contribution in [3.8, 4) is 0 Å². The summed E-state index contributed by atoms with van der Waals surface area (Å²) in [6.07, 6.45) is 2.70. The quantitative estimate of drug-likeness (QED) is 0.452. The fourth-order valence-electron chi connectivity index (χ4n) is 3.98. The second-order valence-corrected chi connectivity index (χ2v) is 7.73. The smallest absolute Gasteiger partial charge is 0.123 e. The second kappa shape index (κ2) is 7.70. The highest BCUT2D eigenvalue weighted by Gasteiger charge is 2.24. The molecule has 29 heavy (non-hydrogen) atoms. The van der Waals surface area contributed by atoms with Gasteiger partial charge in [-0.3, -0.25) is 4.98 Å². The first-order valence-corrected chi connectivity index (χ1v) is 9.92. The highest BCUT2D eigenvalue weighted by molar-refractivity contribution is 5.86. The molecule has 0 bridgehead atoms. The van der Waals surface area contributed by atoms with Crippen LogP contribution in [0.1, 0.15) is 34.1 Å². The highest BCUT2D eigenvalue weighted by atomic mass is 19.1. The van der Waals surface area contributed by atoms with Gasteiger partial charge in [-0.05, 0) is 74.2 Å². The van der Waals surface area contributed by atoms with Gasteiger partial charge in [-0.15, -0.1) is 0 Å². The predicted molar refractivity (Wildman–Crippen MR) is 118 cm³/mol. The number of aryl methyl sites for hydroxylation is 3. The van der Waals surface area contributed by atoms with Gasteiger partial charge in [0.15, 0.2) is 0 Å². The molecular formula is C25H26FN3. The van der Waals surface area contributed by atoms with Crippen LogP contribution in [0.15, 0.2) is 60.8 Å². The summed E-state index contributed by atoms with van der Waals surface area (Å²) in [5, 5.41) is 1.20. The molecule has 4 heteroatoms. The summed E-state index contributed by atoms with van der Waals surface area (Å²) < 4.78 is 13.5. The molecule has 1 N–H and O–H groups in total. The van der Waals surface area contributed by atoms with Crippen LogP contribution in [0.5, 0.6) is 0 Å². The zero-order valence-corrected chi connectivity index (χ0v) is 17.3. The number of pyridine rings is 1. The third-order valence-electron chi connectivity index (χ3n) is 5.95. The van der Waals surface area contributed by atoms with Crippen molar-refractivity contribution >= 4 is 16.6 Å². The summed E-state index contributed by atoms with van der Waals surface area (Å²) in [4.78, 5) is 10.5. The van der Waals surface area contributed by atoms with E-state index in [2.05, 4.69) is 68.0 Å². The van der Waals surface area contributed by atoms with Gasteiger partial charge in [0, 0.05) is 30.0 Å². The maximum Gasteiger partial charge on any atom is 0.123 e. The van der Waals surface area contributed by atoms with Crippen molar-refractivity contribution in [2.75, 3.05) is 11.9 Å². The van der Waals surface area contributed by atoms with Gasteiger partial charge < -0.3 is 9.88 Å². The SMILES string of the molecule is Cc1ccccc1CC(c1nccc2c(C)c(C)[nH]c12)N(C)c1ccc(F)cc1. The van der Waals surface area contributed by atoms with Crippen molar-refractivity contribution in [2.24, 2.45) is 0 Å². The lowest BCUT2D eigenvalue weighted by Crippen LogP contribution is -2.27. The van der Waals surface area contributed by atoms with Crippen LogP contribution in [0.4, 0.5) is 10.1 Å². The fraction of sp³-hybridized carbons (Fsp3) is 0.240. The van der Waals surface area contributed by atoms with E-state index < -0.39 is 0 Å². The molecule has 0 fully saturated rings. The molecule has 0 spiro atoms. The summed E-state index contributed by atoms with van der Waals surface area (Å²) >= 11 is 0. The summed E-state index contributed by atoms with van der Waals surface area (Å²) in [5.74, 6) is -0.228. The number of hydrogen-bond acceptors (Lipinski definition) is 2. The van der Waals surface area contributed by atoms with Crippen molar-refractivity contribution in [3.05, 3.63) is 94.7 Å². The van der Waals surface area contributed by atoms with Crippen molar-refractivity contribution < 1.29 is 4.39 Å². The Morgan fingerprint density at radius 3 is 2.45 bits per heavy atom. The van der Waals surface area contributed by atoms with Crippen LogP contribution >= 0.6 is 0 Å². The van der Waals surface area contributed by atoms with Gasteiger partial charge in [-0.1, -0.05) is 24.3 Å². The minimum Gasteiger partial charge on any atom is -0.366 e. The first-order valence-electron chi connectivity index (χ1n) is 9.92. The minimum atomic E-state index is -0.228. The van der Waals surface area contributed by atoms with Gasteiger partial charge >= 0.3 is 0 Å². The van der Waals surface area contributed by atoms with Crippen molar-refractivity contribution in [3.63, 3.8) is 0 Å². The van der Waals surface area contributed by atoms with E-state index in [0.29, 0.717) is 0 Å². The predicted octanol–water partition coefficient (Wildman–Crippen LogP) is 6.05. The van der Waals surface area contributed by atoms with E-state index in [1.54, 1.807) is 0 Å². The molecule has 0 amide bonds. The zero-order chi connectivity index (χ0) is 20.5. The van der Waals surface area contributed by atoms with E-state index in [1.165, 1.54) is 34.2 Å². The number of fused-ring (bicyclic) bond motifs is 1. The van der Waals surface area contributed by atoms with Crippen LogP contribution in [0.25, 0.3) is 10.9 Å². The van der Waals surface area contributed by atoms with Gasteiger partial charge in [0.1, 0.15) is 5.82 Å². The average molecular weight is 388 g/mol. The lowest BCUT2D eigenvalue weighted by Gasteiger charge is -2.31. The first kappa shape index (κ1) is 19.2. The number of benzene rings is 2. The lowest BCUT2D eigenvalue weighted by molar-refractivity contribution is 0.624. The molecule has 4 rings (SSSR count). The Morgan fingerprint density at radius 1 is 1.00 bits per heavy atom. The number of hydrogen-bond donors (Lipinski definition) is 1. The Bertz CT molecular complexity index is 1140. The zero-order valence-electron chi connectivity index (χ0n) is 17.3. The Morgan fingerprint density at radius 2 is 1.72 bits per heavy atom. The fourth-order valence-corrected chi connectivity index (χ4v) is 3.98. The van der Waals surface area contributed by atoms with Gasteiger partial charge in [0.2, 0.25) is 0 Å². The first-order chi connectivity index (χ1) is 14.0. The number of halogens is 1. The van der Waals surface area contributed by atoms with E-state index in [-0.39, 0.29) is 11.9 Å². The third-order valence-corrected chi connectivity index (χ3v) is 5.95. The summed E-state index contributed by atoms with van der Waals surface area (Å²) in [6, 6.07) is 17.2. The van der Waals surface area contributed by atoms with Crippen molar-refractivity contribution in [1.29, 1.82) is 0 Å². The minimum absolute atomic E-state index is 0.00251. The number of H-pyrrole nitrogens is 1. The maximum absolute atomic E-state index is 13.5. The monoisotopic (exact) mass is 387 g/mol. The van der Waals surface area contributed by atoms with Crippen LogP contribution in [0.2, 0.25) is 0 Å². The van der Waals surface area contributed by atoms with Gasteiger partial charge in [-0.25, -0.2) is 4.39 Å². The van der Waals surface area contributed by atoms with Crippen molar-refractivity contribution in [2.45, 2.75) is 33.2 Å². The molecule has 0 aliphatic carbocycles. The van der Waals surface area contributed by atoms with Gasteiger partial charge in [0.05, 0.1) is 17.3 Å². The van der Waals surface area contributed by atoms with Crippen LogP contribution in [0.3, 0.4) is 0 Å².